The Labute approximate surface area is 372 Å². The molecule has 344 valence electrons. The van der Waals surface area contributed by atoms with Crippen molar-refractivity contribution in [1.29, 1.82) is 0 Å². The summed E-state index contributed by atoms with van der Waals surface area (Å²) >= 11 is 0. The van der Waals surface area contributed by atoms with Crippen LogP contribution in [0.25, 0.3) is 10.8 Å². The van der Waals surface area contributed by atoms with Gasteiger partial charge in [0, 0.05) is 52.6 Å². The average molecular weight is 857 g/mol. The molecule has 14 heteroatoms. The van der Waals surface area contributed by atoms with Crippen molar-refractivity contribution in [3.05, 3.63) is 47.5 Å². The maximum atomic E-state index is 6.03. The average Bonchev–Trinajstić information content (AvgIpc) is 3.27. The third kappa shape index (κ3) is 22.5. The standard InChI is InChI=1S/C48H80N12O2/c1-3-5-7-9-11-13-15-17-19-21-31-61-33-23-29-51-45-55-43(49)57-47(59-45)53-37-39-25-27-41-28-26-40(36-42(41)35-39)38-54-48-58-44(50)56-46(60-48)52-30-24-34-62-32-22-20-18-16-14-12-10-8-6-4-2/h25-28,35-36H,3-24,29-34,37-38H2,1-2H3,(H4,49,51,53,55,57,59)(H4,50,52,54,56,58,60). The van der Waals surface area contributed by atoms with Gasteiger partial charge in [-0.2, -0.15) is 29.9 Å². The minimum Gasteiger partial charge on any atom is -0.381 e. The largest absolute Gasteiger partial charge is 0.381 e. The molecule has 62 heavy (non-hydrogen) atoms. The monoisotopic (exact) mass is 857 g/mol. The summed E-state index contributed by atoms with van der Waals surface area (Å²) in [5.74, 6) is 2.09. The van der Waals surface area contributed by atoms with E-state index in [4.69, 9.17) is 20.9 Å². The minimum atomic E-state index is 0.167. The highest BCUT2D eigenvalue weighted by Crippen LogP contribution is 2.20. The van der Waals surface area contributed by atoms with Gasteiger partial charge in [0.15, 0.2) is 0 Å². The molecule has 2 aromatic heterocycles. The van der Waals surface area contributed by atoms with Gasteiger partial charge in [0.05, 0.1) is 0 Å². The van der Waals surface area contributed by atoms with Crippen molar-refractivity contribution in [2.24, 2.45) is 0 Å². The molecular formula is C48H80N12O2. The second kappa shape index (κ2) is 32.2. The predicted octanol–water partition coefficient (Wildman–Crippen LogP) is 11.1. The molecule has 14 nitrogen and oxygen atoms in total. The maximum Gasteiger partial charge on any atom is 0.229 e. The second-order valence-corrected chi connectivity index (χ2v) is 16.6. The Morgan fingerprint density at radius 1 is 0.387 bits per heavy atom. The van der Waals surface area contributed by atoms with Gasteiger partial charge in [-0.25, -0.2) is 0 Å². The van der Waals surface area contributed by atoms with Crippen molar-refractivity contribution in [3.8, 4) is 0 Å². The number of hydrogen-bond donors (Lipinski definition) is 6. The summed E-state index contributed by atoms with van der Waals surface area (Å²) in [6.07, 6.45) is 28.3. The Morgan fingerprint density at radius 2 is 0.726 bits per heavy atom. The van der Waals surface area contributed by atoms with E-state index in [1.54, 1.807) is 0 Å². The maximum absolute atomic E-state index is 6.03. The quantitative estimate of drug-likeness (QED) is 0.0233. The first-order valence-electron chi connectivity index (χ1n) is 24.2. The van der Waals surface area contributed by atoms with Crippen molar-refractivity contribution in [3.63, 3.8) is 0 Å². The molecule has 0 radical (unpaired) electrons. The van der Waals surface area contributed by atoms with Crippen molar-refractivity contribution < 1.29 is 9.47 Å². The van der Waals surface area contributed by atoms with Crippen LogP contribution in [0.2, 0.25) is 0 Å². The van der Waals surface area contributed by atoms with Crippen LogP contribution in [0.4, 0.5) is 35.7 Å². The SMILES string of the molecule is CCCCCCCCCCCCOCCCNc1nc(N)nc(NCc2ccc3ccc(CNc4nc(N)nc(NCCCOCCCCCCCCCCCC)n4)cc3c2)n1. The molecule has 0 bridgehead atoms. The van der Waals surface area contributed by atoms with Gasteiger partial charge in [0.2, 0.25) is 35.7 Å². The summed E-state index contributed by atoms with van der Waals surface area (Å²) in [4.78, 5) is 26.2. The van der Waals surface area contributed by atoms with Gasteiger partial charge in [-0.15, -0.1) is 0 Å². The van der Waals surface area contributed by atoms with Crippen molar-refractivity contribution in [2.75, 3.05) is 72.3 Å². The molecule has 0 unspecified atom stereocenters. The van der Waals surface area contributed by atoms with E-state index < -0.39 is 0 Å². The fourth-order valence-corrected chi connectivity index (χ4v) is 7.36. The summed E-state index contributed by atoms with van der Waals surface area (Å²) in [6.45, 7) is 10.0. The van der Waals surface area contributed by atoms with Gasteiger partial charge in [-0.3, -0.25) is 0 Å². The number of nitrogen functional groups attached to an aromatic ring is 2. The van der Waals surface area contributed by atoms with Gasteiger partial charge in [0.1, 0.15) is 0 Å². The lowest BCUT2D eigenvalue weighted by Crippen LogP contribution is -2.13. The van der Waals surface area contributed by atoms with Crippen LogP contribution in [0.5, 0.6) is 0 Å². The van der Waals surface area contributed by atoms with E-state index in [9.17, 15) is 0 Å². The first-order chi connectivity index (χ1) is 30.5. The third-order valence-electron chi connectivity index (χ3n) is 11.0. The Kier molecular flexibility index (Phi) is 26.0. The number of benzene rings is 2. The highest BCUT2D eigenvalue weighted by atomic mass is 16.5. The number of rotatable bonds is 38. The Hall–Kier alpha value is -4.56. The van der Waals surface area contributed by atoms with Crippen LogP contribution in [0.3, 0.4) is 0 Å². The zero-order valence-electron chi connectivity index (χ0n) is 38.3. The van der Waals surface area contributed by atoms with E-state index in [1.165, 1.54) is 116 Å². The first-order valence-corrected chi connectivity index (χ1v) is 24.2. The van der Waals surface area contributed by atoms with E-state index >= 15 is 0 Å². The van der Waals surface area contributed by atoms with E-state index in [2.05, 4.69) is 101 Å². The molecule has 2 aromatic carbocycles. The molecule has 0 atom stereocenters. The summed E-state index contributed by atoms with van der Waals surface area (Å²) < 4.78 is 11.7. The van der Waals surface area contributed by atoms with E-state index in [0.717, 1.165) is 60.8 Å². The van der Waals surface area contributed by atoms with Crippen LogP contribution in [0.15, 0.2) is 36.4 Å². The summed E-state index contributed by atoms with van der Waals surface area (Å²) in [5, 5.41) is 15.4. The summed E-state index contributed by atoms with van der Waals surface area (Å²) in [7, 11) is 0. The van der Waals surface area contributed by atoms with E-state index in [0.29, 0.717) is 63.2 Å². The smallest absolute Gasteiger partial charge is 0.229 e. The van der Waals surface area contributed by atoms with Crippen LogP contribution in [0, 0.1) is 0 Å². The topological polar surface area (TPSA) is 196 Å². The number of anilines is 6. The summed E-state index contributed by atoms with van der Waals surface area (Å²) in [5.41, 5.74) is 14.2. The molecule has 4 rings (SSSR count). The number of nitrogens with two attached hydrogens (primary N) is 2. The fourth-order valence-electron chi connectivity index (χ4n) is 7.36. The predicted molar refractivity (Wildman–Crippen MR) is 259 cm³/mol. The lowest BCUT2D eigenvalue weighted by atomic mass is 10.0. The summed E-state index contributed by atoms with van der Waals surface area (Å²) in [6, 6.07) is 12.7. The van der Waals surface area contributed by atoms with Crippen molar-refractivity contribution in [2.45, 2.75) is 168 Å². The lowest BCUT2D eigenvalue weighted by Gasteiger charge is -2.11. The fraction of sp³-hybridized carbons (Fsp3) is 0.667. The molecule has 0 aliphatic carbocycles. The molecule has 0 aliphatic rings. The van der Waals surface area contributed by atoms with Crippen molar-refractivity contribution in [1.82, 2.24) is 29.9 Å². The van der Waals surface area contributed by atoms with Crippen LogP contribution in [0.1, 0.15) is 166 Å². The van der Waals surface area contributed by atoms with Crippen LogP contribution < -0.4 is 32.7 Å². The molecule has 0 saturated heterocycles. The molecule has 0 aliphatic heterocycles. The van der Waals surface area contributed by atoms with Gasteiger partial charge in [-0.05, 0) is 59.7 Å². The molecule has 0 amide bonds. The number of unbranched alkanes of at least 4 members (excludes halogenated alkanes) is 18. The minimum absolute atomic E-state index is 0.167. The second-order valence-electron chi connectivity index (χ2n) is 16.6. The van der Waals surface area contributed by atoms with Gasteiger partial charge < -0.3 is 42.2 Å². The molecule has 0 fully saturated rings. The molecule has 0 spiro atoms. The molecule has 0 saturated carbocycles. The lowest BCUT2D eigenvalue weighted by molar-refractivity contribution is 0.129. The van der Waals surface area contributed by atoms with Gasteiger partial charge >= 0.3 is 0 Å². The molecule has 4 aromatic rings. The zero-order valence-corrected chi connectivity index (χ0v) is 38.3. The Balaban J connectivity index is 1.09. The van der Waals surface area contributed by atoms with Crippen molar-refractivity contribution >= 4 is 46.5 Å². The first kappa shape index (κ1) is 50.1. The third-order valence-corrected chi connectivity index (χ3v) is 11.0. The van der Waals surface area contributed by atoms with E-state index in [-0.39, 0.29) is 11.9 Å². The van der Waals surface area contributed by atoms with Crippen LogP contribution >= 0.6 is 0 Å². The highest BCUT2D eigenvalue weighted by molar-refractivity contribution is 5.84. The van der Waals surface area contributed by atoms with Crippen LogP contribution in [-0.4, -0.2) is 69.4 Å². The molecular weight excluding hydrogens is 777 g/mol. The highest BCUT2D eigenvalue weighted by Gasteiger charge is 2.08. The van der Waals surface area contributed by atoms with E-state index in [1.807, 2.05) is 0 Å². The number of ether oxygens (including phenoxy) is 2. The Morgan fingerprint density at radius 3 is 1.11 bits per heavy atom. The number of fused-ring (bicyclic) bond motifs is 1. The Bertz CT molecular complexity index is 1640. The number of aromatic nitrogens is 6. The number of hydrogen-bond acceptors (Lipinski definition) is 14. The molecule has 2 heterocycles. The number of nitrogens with zero attached hydrogens (tertiary/aromatic N) is 6. The normalized spacial score (nSPS) is 11.3. The number of nitrogens with one attached hydrogen (secondary N) is 4. The molecule has 8 N–H and O–H groups in total. The van der Waals surface area contributed by atoms with Gasteiger partial charge in [-0.1, -0.05) is 154 Å². The van der Waals surface area contributed by atoms with Crippen LogP contribution in [-0.2, 0) is 22.6 Å². The van der Waals surface area contributed by atoms with Gasteiger partial charge in [0.25, 0.3) is 0 Å². The zero-order chi connectivity index (χ0) is 43.7.